The van der Waals surface area contributed by atoms with Crippen molar-refractivity contribution >= 4 is 28.6 Å². The Balaban J connectivity index is 1.03. The number of rotatable bonds is 9. The van der Waals surface area contributed by atoms with Gasteiger partial charge in [0.05, 0.1) is 30.3 Å². The predicted octanol–water partition coefficient (Wildman–Crippen LogP) is 5.27. The Morgan fingerprint density at radius 1 is 1.10 bits per heavy atom. The third kappa shape index (κ3) is 5.05. The zero-order chi connectivity index (χ0) is 28.2. The number of aromatic nitrogens is 3. The molecule has 4 heterocycles. The highest BCUT2D eigenvalue weighted by Gasteiger charge is 2.57. The minimum atomic E-state index is -1.18. The number of likely N-dealkylation sites (tertiary alicyclic amines) is 1. The second-order valence-corrected chi connectivity index (χ2v) is 11.5. The lowest BCUT2D eigenvalue weighted by molar-refractivity contribution is -0.0591. The second-order valence-electron chi connectivity index (χ2n) is 11.0. The van der Waals surface area contributed by atoms with Crippen molar-refractivity contribution in [3.8, 4) is 5.88 Å². The average Bonchev–Trinajstić information content (AvgIpc) is 3.23. The SMILES string of the molecule is O=C(O)c1cc(F)c2nc(CN3C[C@@H]4C(c5cccc(OCc6ccc(Cl)cc6F)n5)[C@@H]4C3)n(C[C@@H]3CCO3)c2c1. The van der Waals surface area contributed by atoms with E-state index < -0.39 is 17.6 Å². The zero-order valence-electron chi connectivity index (χ0n) is 22.0. The predicted molar refractivity (Wildman–Crippen MR) is 146 cm³/mol. The van der Waals surface area contributed by atoms with Crippen molar-refractivity contribution in [1.29, 1.82) is 0 Å². The van der Waals surface area contributed by atoms with Gasteiger partial charge in [-0.15, -0.1) is 0 Å². The van der Waals surface area contributed by atoms with Gasteiger partial charge in [0.25, 0.3) is 0 Å². The third-order valence-electron chi connectivity index (χ3n) is 8.42. The summed E-state index contributed by atoms with van der Waals surface area (Å²) in [4.78, 5) is 23.2. The first-order valence-electron chi connectivity index (χ1n) is 13.6. The highest BCUT2D eigenvalue weighted by Crippen LogP contribution is 2.58. The lowest BCUT2D eigenvalue weighted by atomic mass is 10.1. The van der Waals surface area contributed by atoms with E-state index in [0.717, 1.165) is 31.3 Å². The number of piperidine rings is 1. The van der Waals surface area contributed by atoms with E-state index >= 15 is 0 Å². The summed E-state index contributed by atoms with van der Waals surface area (Å²) in [5.41, 5.74) is 1.95. The van der Waals surface area contributed by atoms with Gasteiger partial charge in [0, 0.05) is 48.0 Å². The van der Waals surface area contributed by atoms with E-state index in [1.807, 2.05) is 16.7 Å². The van der Waals surface area contributed by atoms with Crippen molar-refractivity contribution in [2.24, 2.45) is 11.8 Å². The topological polar surface area (TPSA) is 89.7 Å². The van der Waals surface area contributed by atoms with Gasteiger partial charge in [0.2, 0.25) is 5.88 Å². The average molecular weight is 581 g/mol. The first-order chi connectivity index (χ1) is 19.8. The molecule has 0 radical (unpaired) electrons. The van der Waals surface area contributed by atoms with E-state index in [4.69, 9.17) is 26.1 Å². The molecule has 7 rings (SSSR count). The second kappa shape index (κ2) is 10.3. The molecule has 2 saturated heterocycles. The van der Waals surface area contributed by atoms with Crippen LogP contribution in [0.4, 0.5) is 8.78 Å². The number of carbonyl (C=O) groups is 1. The fourth-order valence-corrected chi connectivity index (χ4v) is 6.34. The number of fused-ring (bicyclic) bond motifs is 2. The summed E-state index contributed by atoms with van der Waals surface area (Å²) >= 11 is 5.83. The van der Waals surface area contributed by atoms with Gasteiger partial charge < -0.3 is 19.1 Å². The number of halogens is 3. The molecule has 2 aromatic carbocycles. The van der Waals surface area contributed by atoms with Gasteiger partial charge in [-0.3, -0.25) is 4.90 Å². The van der Waals surface area contributed by atoms with E-state index in [1.54, 1.807) is 18.2 Å². The summed E-state index contributed by atoms with van der Waals surface area (Å²) in [6.45, 7) is 3.50. The van der Waals surface area contributed by atoms with Crippen molar-refractivity contribution in [3.63, 3.8) is 0 Å². The van der Waals surface area contributed by atoms with Gasteiger partial charge in [-0.1, -0.05) is 23.7 Å². The number of carboxylic acids is 1. The van der Waals surface area contributed by atoms with Crippen LogP contribution in [0.5, 0.6) is 5.88 Å². The number of benzene rings is 2. The fourth-order valence-electron chi connectivity index (χ4n) is 6.18. The Bertz CT molecular complexity index is 1650. The van der Waals surface area contributed by atoms with Crippen LogP contribution in [0.15, 0.2) is 48.5 Å². The number of imidazole rings is 1. The number of hydrogen-bond acceptors (Lipinski definition) is 6. The highest BCUT2D eigenvalue weighted by molar-refractivity contribution is 6.30. The van der Waals surface area contributed by atoms with Crippen LogP contribution in [0.1, 0.15) is 39.8 Å². The maximum atomic E-state index is 14.8. The Morgan fingerprint density at radius 3 is 2.61 bits per heavy atom. The maximum absolute atomic E-state index is 14.8. The van der Waals surface area contributed by atoms with Crippen LogP contribution >= 0.6 is 11.6 Å². The molecule has 212 valence electrons. The molecule has 4 aromatic rings. The quantitative estimate of drug-likeness (QED) is 0.288. The molecule has 2 aromatic heterocycles. The Morgan fingerprint density at radius 2 is 1.90 bits per heavy atom. The maximum Gasteiger partial charge on any atom is 0.335 e. The summed E-state index contributed by atoms with van der Waals surface area (Å²) in [6.07, 6.45) is 0.913. The van der Waals surface area contributed by atoms with Gasteiger partial charge in [-0.25, -0.2) is 23.5 Å². The van der Waals surface area contributed by atoms with Gasteiger partial charge in [0.15, 0.2) is 5.82 Å². The number of carboxylic acid groups (broad SMARTS) is 1. The molecule has 1 unspecified atom stereocenters. The monoisotopic (exact) mass is 580 g/mol. The highest BCUT2D eigenvalue weighted by atomic mass is 35.5. The molecule has 1 N–H and O–H groups in total. The first-order valence-corrected chi connectivity index (χ1v) is 14.0. The summed E-state index contributed by atoms with van der Waals surface area (Å²) in [6, 6.07) is 12.7. The van der Waals surface area contributed by atoms with E-state index in [0.29, 0.717) is 65.3 Å². The Labute approximate surface area is 239 Å². The van der Waals surface area contributed by atoms with E-state index in [2.05, 4.69) is 9.88 Å². The molecule has 1 aliphatic carbocycles. The van der Waals surface area contributed by atoms with Crippen LogP contribution < -0.4 is 4.74 Å². The number of pyridine rings is 1. The minimum absolute atomic E-state index is 0.0100. The minimum Gasteiger partial charge on any atom is -0.478 e. The first kappa shape index (κ1) is 26.3. The molecular weight excluding hydrogens is 554 g/mol. The van der Waals surface area contributed by atoms with Crippen molar-refractivity contribution in [3.05, 3.63) is 87.8 Å². The molecule has 0 amide bonds. The molecule has 0 bridgehead atoms. The number of hydrogen-bond donors (Lipinski definition) is 1. The summed E-state index contributed by atoms with van der Waals surface area (Å²) in [7, 11) is 0. The third-order valence-corrected chi connectivity index (χ3v) is 8.66. The van der Waals surface area contributed by atoms with Crippen molar-refractivity contribution in [2.75, 3.05) is 19.7 Å². The van der Waals surface area contributed by atoms with Crippen LogP contribution in [-0.2, 0) is 24.4 Å². The van der Waals surface area contributed by atoms with E-state index in [9.17, 15) is 18.7 Å². The number of aromatic carboxylic acids is 1. The van der Waals surface area contributed by atoms with Crippen LogP contribution in [0.3, 0.4) is 0 Å². The Kier molecular flexibility index (Phi) is 6.64. The molecule has 11 heteroatoms. The molecule has 1 saturated carbocycles. The van der Waals surface area contributed by atoms with Crippen LogP contribution in [0.2, 0.25) is 5.02 Å². The molecule has 3 fully saturated rings. The normalized spacial score (nSPS) is 23.4. The summed E-state index contributed by atoms with van der Waals surface area (Å²) in [5, 5.41) is 9.78. The molecule has 3 aliphatic rings. The molecule has 0 spiro atoms. The van der Waals surface area contributed by atoms with Gasteiger partial charge >= 0.3 is 5.97 Å². The van der Waals surface area contributed by atoms with Crippen LogP contribution in [-0.4, -0.2) is 56.3 Å². The van der Waals surface area contributed by atoms with Gasteiger partial charge in [-0.05, 0) is 48.6 Å². The van der Waals surface area contributed by atoms with Crippen molar-refractivity contribution in [2.45, 2.75) is 38.1 Å². The summed E-state index contributed by atoms with van der Waals surface area (Å²) in [5.74, 6) is 0.135. The largest absolute Gasteiger partial charge is 0.478 e. The standard InChI is InChI=1S/C30H27ClF2N4O4/c31-18-5-4-16(22(32)10-18)15-41-27-3-1-2-24(34-27)28-20-12-36(13-21(20)28)14-26-35-29-23(33)8-17(30(38)39)9-25(29)37(26)11-19-6-7-40-19/h1-5,8-10,19-21,28H,6-7,11-15H2,(H,38,39)/t19-,20-,21+,28?/m0/s1. The van der Waals surface area contributed by atoms with E-state index in [1.165, 1.54) is 12.1 Å². The molecule has 8 nitrogen and oxygen atoms in total. The molecular formula is C30H27ClF2N4O4. The Hall–Kier alpha value is -3.60. The van der Waals surface area contributed by atoms with Crippen LogP contribution in [0, 0.1) is 23.5 Å². The van der Waals surface area contributed by atoms with Crippen LogP contribution in [0.25, 0.3) is 11.0 Å². The van der Waals surface area contributed by atoms with E-state index in [-0.39, 0.29) is 23.8 Å². The lowest BCUT2D eigenvalue weighted by Gasteiger charge is -2.28. The summed E-state index contributed by atoms with van der Waals surface area (Å²) < 4.78 is 42.3. The van der Waals surface area contributed by atoms with Gasteiger partial charge in [0.1, 0.15) is 23.8 Å². The molecule has 4 atom stereocenters. The molecule has 41 heavy (non-hydrogen) atoms. The number of ether oxygens (including phenoxy) is 2. The van der Waals surface area contributed by atoms with Crippen molar-refractivity contribution in [1.82, 2.24) is 19.4 Å². The number of nitrogens with zero attached hydrogens (tertiary/aromatic N) is 4. The zero-order valence-corrected chi connectivity index (χ0v) is 22.7. The van der Waals surface area contributed by atoms with Gasteiger partial charge in [-0.2, -0.15) is 0 Å². The lowest BCUT2D eigenvalue weighted by Crippen LogP contribution is -2.33. The molecule has 2 aliphatic heterocycles. The fraction of sp³-hybridized carbons (Fsp3) is 0.367. The smallest absolute Gasteiger partial charge is 0.335 e. The van der Waals surface area contributed by atoms with Crippen molar-refractivity contribution < 1.29 is 28.2 Å².